The number of carbonyl (C=O) groups is 1. The fraction of sp³-hybridized carbons (Fsp3) is 0.500. The smallest absolute Gasteiger partial charge is 0.257 e. The third kappa shape index (κ3) is 2.28. The lowest BCUT2D eigenvalue weighted by Crippen LogP contribution is -2.55. The quantitative estimate of drug-likeness (QED) is 0.771. The Balaban J connectivity index is 1.89. The molecule has 1 aliphatic rings. The van der Waals surface area contributed by atoms with Crippen molar-refractivity contribution in [2.75, 3.05) is 13.1 Å². The fourth-order valence-corrected chi connectivity index (χ4v) is 2.58. The normalized spacial score (nSPS) is 26.3. The van der Waals surface area contributed by atoms with Gasteiger partial charge in [0.05, 0.1) is 29.2 Å². The summed E-state index contributed by atoms with van der Waals surface area (Å²) < 4.78 is 1.61. The molecule has 112 valence electrons. The summed E-state index contributed by atoms with van der Waals surface area (Å²) in [5.74, 6) is -0.202. The molecular formula is C14H18N4O3. The van der Waals surface area contributed by atoms with Gasteiger partial charge in [-0.05, 0) is 20.3 Å². The zero-order valence-corrected chi connectivity index (χ0v) is 12.0. The standard InChI is InChI=1S/C14H18N4O3/c1-9-10(7-15-12-3-5-16-18(9)12)13(20)17-6-4-14(2,21)11(19)8-17/h3,5,7,11,19,21H,4,6,8H2,1-2H3/t11-,14+/m1/s1. The highest BCUT2D eigenvalue weighted by molar-refractivity contribution is 5.95. The van der Waals surface area contributed by atoms with Crippen molar-refractivity contribution in [3.05, 3.63) is 29.7 Å². The van der Waals surface area contributed by atoms with Gasteiger partial charge in [-0.15, -0.1) is 0 Å². The van der Waals surface area contributed by atoms with Crippen LogP contribution in [-0.2, 0) is 0 Å². The van der Waals surface area contributed by atoms with Crippen molar-refractivity contribution in [3.8, 4) is 0 Å². The van der Waals surface area contributed by atoms with Gasteiger partial charge in [-0.1, -0.05) is 0 Å². The van der Waals surface area contributed by atoms with Crippen LogP contribution >= 0.6 is 0 Å². The lowest BCUT2D eigenvalue weighted by Gasteiger charge is -2.40. The van der Waals surface area contributed by atoms with Crippen molar-refractivity contribution in [2.45, 2.75) is 32.0 Å². The molecule has 0 saturated carbocycles. The number of hydrogen-bond donors (Lipinski definition) is 2. The Bertz CT molecular complexity index is 695. The second kappa shape index (κ2) is 4.78. The number of fused-ring (bicyclic) bond motifs is 1. The number of carbonyl (C=O) groups excluding carboxylic acids is 1. The van der Waals surface area contributed by atoms with Gasteiger partial charge in [0, 0.05) is 25.4 Å². The van der Waals surface area contributed by atoms with Crippen LogP contribution in [0.25, 0.3) is 5.65 Å². The van der Waals surface area contributed by atoms with E-state index in [2.05, 4.69) is 10.1 Å². The van der Waals surface area contributed by atoms with Crippen molar-refractivity contribution in [3.63, 3.8) is 0 Å². The van der Waals surface area contributed by atoms with E-state index in [0.29, 0.717) is 29.9 Å². The number of nitrogens with zero attached hydrogens (tertiary/aromatic N) is 4. The summed E-state index contributed by atoms with van der Waals surface area (Å²) in [5.41, 5.74) is 0.711. The summed E-state index contributed by atoms with van der Waals surface area (Å²) in [7, 11) is 0. The molecule has 0 spiro atoms. The minimum Gasteiger partial charge on any atom is -0.388 e. The first-order chi connectivity index (χ1) is 9.90. The molecule has 3 rings (SSSR count). The van der Waals surface area contributed by atoms with E-state index in [9.17, 15) is 15.0 Å². The van der Waals surface area contributed by atoms with Gasteiger partial charge in [-0.25, -0.2) is 9.50 Å². The second-order valence-corrected chi connectivity index (χ2v) is 5.73. The van der Waals surface area contributed by atoms with Gasteiger partial charge in [0.25, 0.3) is 5.91 Å². The first-order valence-electron chi connectivity index (χ1n) is 6.89. The molecule has 2 N–H and O–H groups in total. The molecule has 3 heterocycles. The van der Waals surface area contributed by atoms with Gasteiger partial charge in [-0.2, -0.15) is 5.10 Å². The number of amides is 1. The topological polar surface area (TPSA) is 91.0 Å². The summed E-state index contributed by atoms with van der Waals surface area (Å²) >= 11 is 0. The van der Waals surface area contributed by atoms with E-state index in [-0.39, 0.29) is 12.5 Å². The highest BCUT2D eigenvalue weighted by Crippen LogP contribution is 2.23. The third-order valence-corrected chi connectivity index (χ3v) is 4.17. The average molecular weight is 290 g/mol. The predicted molar refractivity (Wildman–Crippen MR) is 74.9 cm³/mol. The number of aryl methyl sites for hydroxylation is 1. The van der Waals surface area contributed by atoms with Gasteiger partial charge in [0.1, 0.15) is 0 Å². The summed E-state index contributed by atoms with van der Waals surface area (Å²) in [5, 5.41) is 24.0. The highest BCUT2D eigenvalue weighted by atomic mass is 16.3. The Morgan fingerprint density at radius 2 is 2.29 bits per heavy atom. The third-order valence-electron chi connectivity index (χ3n) is 4.17. The molecule has 0 unspecified atom stereocenters. The van der Waals surface area contributed by atoms with Crippen LogP contribution in [0.1, 0.15) is 29.4 Å². The van der Waals surface area contributed by atoms with Gasteiger partial charge in [0.15, 0.2) is 5.65 Å². The number of aliphatic hydroxyl groups is 2. The van der Waals surface area contributed by atoms with Crippen molar-refractivity contribution in [1.82, 2.24) is 19.5 Å². The van der Waals surface area contributed by atoms with Crippen LogP contribution in [0.2, 0.25) is 0 Å². The Morgan fingerprint density at radius 3 is 3.00 bits per heavy atom. The number of piperidine rings is 1. The largest absolute Gasteiger partial charge is 0.388 e. The number of β-amino-alcohol motifs (C(OH)–C–C–N with tert-alkyl or cyclic N) is 1. The number of likely N-dealkylation sites (tertiary alicyclic amines) is 1. The molecule has 1 aliphatic heterocycles. The predicted octanol–water partition coefficient (Wildman–Crippen LogP) is -0.00448. The number of hydrogen-bond acceptors (Lipinski definition) is 5. The Morgan fingerprint density at radius 1 is 1.52 bits per heavy atom. The van der Waals surface area contributed by atoms with Crippen LogP contribution in [0.3, 0.4) is 0 Å². The van der Waals surface area contributed by atoms with E-state index in [4.69, 9.17) is 0 Å². The van der Waals surface area contributed by atoms with Crippen LogP contribution < -0.4 is 0 Å². The van der Waals surface area contributed by atoms with Crippen LogP contribution in [0, 0.1) is 6.92 Å². The van der Waals surface area contributed by atoms with E-state index in [1.165, 1.54) is 6.20 Å². The first-order valence-corrected chi connectivity index (χ1v) is 6.89. The lowest BCUT2D eigenvalue weighted by molar-refractivity contribution is -0.0999. The van der Waals surface area contributed by atoms with Crippen molar-refractivity contribution in [2.24, 2.45) is 0 Å². The van der Waals surface area contributed by atoms with Crippen molar-refractivity contribution >= 4 is 11.6 Å². The van der Waals surface area contributed by atoms with E-state index in [0.717, 1.165) is 0 Å². The Labute approximate surface area is 121 Å². The van der Waals surface area contributed by atoms with Gasteiger partial charge < -0.3 is 15.1 Å². The SMILES string of the molecule is Cc1c(C(=O)N2CC[C@](C)(O)[C@H](O)C2)cnc2ccnn12. The Hall–Kier alpha value is -1.99. The molecular weight excluding hydrogens is 272 g/mol. The lowest BCUT2D eigenvalue weighted by atomic mass is 9.90. The summed E-state index contributed by atoms with van der Waals surface area (Å²) in [6, 6.07) is 1.77. The molecule has 0 radical (unpaired) electrons. The molecule has 1 amide bonds. The Kier molecular flexibility index (Phi) is 3.18. The van der Waals surface area contributed by atoms with E-state index < -0.39 is 11.7 Å². The zero-order valence-electron chi connectivity index (χ0n) is 12.0. The van der Waals surface area contributed by atoms with E-state index in [1.807, 2.05) is 6.92 Å². The maximum absolute atomic E-state index is 12.6. The molecule has 1 saturated heterocycles. The molecule has 21 heavy (non-hydrogen) atoms. The van der Waals surface area contributed by atoms with Gasteiger partial charge >= 0.3 is 0 Å². The van der Waals surface area contributed by atoms with Gasteiger partial charge in [0.2, 0.25) is 0 Å². The molecule has 2 atom stereocenters. The van der Waals surface area contributed by atoms with Crippen LogP contribution in [0.5, 0.6) is 0 Å². The average Bonchev–Trinajstić information content (AvgIpc) is 2.91. The number of rotatable bonds is 1. The minimum atomic E-state index is -1.14. The zero-order chi connectivity index (χ0) is 15.2. The van der Waals surface area contributed by atoms with Crippen molar-refractivity contribution < 1.29 is 15.0 Å². The summed E-state index contributed by atoms with van der Waals surface area (Å²) in [6.07, 6.45) is 2.56. The van der Waals surface area contributed by atoms with E-state index >= 15 is 0 Å². The molecule has 0 aliphatic carbocycles. The maximum Gasteiger partial charge on any atom is 0.257 e. The van der Waals surface area contributed by atoms with Gasteiger partial charge in [-0.3, -0.25) is 4.79 Å². The van der Waals surface area contributed by atoms with Crippen LogP contribution in [-0.4, -0.2) is 60.4 Å². The maximum atomic E-state index is 12.6. The molecule has 0 bridgehead atoms. The van der Waals surface area contributed by atoms with Crippen molar-refractivity contribution in [1.29, 1.82) is 0 Å². The second-order valence-electron chi connectivity index (χ2n) is 5.73. The monoisotopic (exact) mass is 290 g/mol. The number of aliphatic hydroxyl groups excluding tert-OH is 1. The minimum absolute atomic E-state index is 0.114. The highest BCUT2D eigenvalue weighted by Gasteiger charge is 2.38. The molecule has 0 aromatic carbocycles. The molecule has 2 aromatic heterocycles. The summed E-state index contributed by atoms with van der Waals surface area (Å²) in [4.78, 5) is 18.3. The summed E-state index contributed by atoms with van der Waals surface area (Å²) in [6.45, 7) is 3.91. The van der Waals surface area contributed by atoms with E-state index in [1.54, 1.807) is 28.6 Å². The van der Waals surface area contributed by atoms with Crippen LogP contribution in [0.15, 0.2) is 18.5 Å². The molecule has 1 fully saturated rings. The molecule has 7 nitrogen and oxygen atoms in total. The number of aromatic nitrogens is 3. The molecule has 2 aromatic rings. The molecule has 7 heteroatoms. The fourth-order valence-electron chi connectivity index (χ4n) is 2.58. The first kappa shape index (κ1) is 14.0. The van der Waals surface area contributed by atoms with Crippen LogP contribution in [0.4, 0.5) is 0 Å².